The van der Waals surface area contributed by atoms with Crippen molar-refractivity contribution in [2.24, 2.45) is 17.6 Å². The third kappa shape index (κ3) is 6.15. The Bertz CT molecular complexity index is 532. The van der Waals surface area contributed by atoms with Crippen LogP contribution in [0.25, 0.3) is 0 Å². The average Bonchev–Trinajstić information content (AvgIpc) is 3.20. The molecule has 146 valence electrons. The van der Waals surface area contributed by atoms with Crippen LogP contribution in [0.3, 0.4) is 0 Å². The highest BCUT2D eigenvalue weighted by Gasteiger charge is 2.42. The highest BCUT2D eigenvalue weighted by molar-refractivity contribution is 5.87. The summed E-state index contributed by atoms with van der Waals surface area (Å²) in [5, 5.41) is 0. The van der Waals surface area contributed by atoms with E-state index in [4.69, 9.17) is 10.5 Å². The lowest BCUT2D eigenvalue weighted by Crippen LogP contribution is -2.43. The average molecular weight is 364 g/mol. The molecule has 3 atom stereocenters. The number of primary amides is 1. The van der Waals surface area contributed by atoms with Crippen LogP contribution in [0.5, 0.6) is 0 Å². The van der Waals surface area contributed by atoms with E-state index in [1.165, 1.54) is 0 Å². The number of hydrogen-bond donors (Lipinski definition) is 1. The van der Waals surface area contributed by atoms with Gasteiger partial charge >= 0.3 is 5.97 Å². The molecule has 1 aliphatic heterocycles. The maximum atomic E-state index is 12.2. The number of ether oxygens (including phenoxy) is 1. The number of esters is 1. The minimum absolute atomic E-state index is 0.0601. The van der Waals surface area contributed by atoms with Gasteiger partial charge in [-0.05, 0) is 51.4 Å². The molecule has 2 fully saturated rings. The molecule has 0 radical (unpaired) electrons. The van der Waals surface area contributed by atoms with Crippen LogP contribution in [0.1, 0.15) is 64.7 Å². The summed E-state index contributed by atoms with van der Waals surface area (Å²) in [4.78, 5) is 36.7. The number of carbonyl (C=O) groups excluding carboxylic acids is 3. The summed E-state index contributed by atoms with van der Waals surface area (Å²) >= 11 is 0. The summed E-state index contributed by atoms with van der Waals surface area (Å²) in [6.07, 6.45) is 12.4. The van der Waals surface area contributed by atoms with E-state index in [0.717, 1.165) is 44.9 Å². The Balaban J connectivity index is 1.48. The standard InChI is InChI=1S/C20H32N2O4/c1-2-26-20(25)16-14-15(16)10-7-5-3-4-6-8-12-18(23)22-13-9-11-17(22)19(21)24/h7,10,15-17H,2-6,8-9,11-14H2,1H3,(H2,21,24)/b10-7-/t15?,16-,17-/m0/s1. The minimum Gasteiger partial charge on any atom is -0.466 e. The Morgan fingerprint density at radius 3 is 2.69 bits per heavy atom. The van der Waals surface area contributed by atoms with Crippen LogP contribution in [-0.2, 0) is 19.1 Å². The van der Waals surface area contributed by atoms with Crippen molar-refractivity contribution in [3.63, 3.8) is 0 Å². The lowest BCUT2D eigenvalue weighted by molar-refractivity contribution is -0.144. The van der Waals surface area contributed by atoms with Gasteiger partial charge in [-0.15, -0.1) is 0 Å². The number of allylic oxidation sites excluding steroid dienone is 2. The normalized spacial score (nSPS) is 24.8. The van der Waals surface area contributed by atoms with Gasteiger partial charge in [0.1, 0.15) is 6.04 Å². The zero-order valence-electron chi connectivity index (χ0n) is 15.8. The molecule has 0 aromatic heterocycles. The van der Waals surface area contributed by atoms with Crippen LogP contribution >= 0.6 is 0 Å². The van der Waals surface area contributed by atoms with Gasteiger partial charge in [0.2, 0.25) is 11.8 Å². The van der Waals surface area contributed by atoms with Crippen molar-refractivity contribution in [1.82, 2.24) is 4.90 Å². The Kier molecular flexibility index (Phi) is 8.13. The third-order valence-electron chi connectivity index (χ3n) is 5.23. The number of nitrogens with zero attached hydrogens (tertiary/aromatic N) is 1. The van der Waals surface area contributed by atoms with Crippen molar-refractivity contribution < 1.29 is 19.1 Å². The van der Waals surface area contributed by atoms with E-state index >= 15 is 0 Å². The van der Waals surface area contributed by atoms with Crippen molar-refractivity contribution in [1.29, 1.82) is 0 Å². The van der Waals surface area contributed by atoms with Crippen LogP contribution in [0.15, 0.2) is 12.2 Å². The second-order valence-corrected chi connectivity index (χ2v) is 7.29. The molecule has 1 unspecified atom stereocenters. The third-order valence-corrected chi connectivity index (χ3v) is 5.23. The van der Waals surface area contributed by atoms with Gasteiger partial charge in [-0.3, -0.25) is 14.4 Å². The molecule has 0 aromatic carbocycles. The van der Waals surface area contributed by atoms with Gasteiger partial charge < -0.3 is 15.4 Å². The molecule has 6 nitrogen and oxygen atoms in total. The molecular formula is C20H32N2O4. The van der Waals surface area contributed by atoms with Gasteiger partial charge in [-0.1, -0.05) is 25.0 Å². The fraction of sp³-hybridized carbons (Fsp3) is 0.750. The summed E-state index contributed by atoms with van der Waals surface area (Å²) in [7, 11) is 0. The quantitative estimate of drug-likeness (QED) is 0.347. The van der Waals surface area contributed by atoms with Gasteiger partial charge in [0, 0.05) is 13.0 Å². The van der Waals surface area contributed by atoms with Gasteiger partial charge in [0.05, 0.1) is 12.5 Å². The van der Waals surface area contributed by atoms with Crippen LogP contribution in [0.4, 0.5) is 0 Å². The monoisotopic (exact) mass is 364 g/mol. The summed E-state index contributed by atoms with van der Waals surface area (Å²) < 4.78 is 5.01. The van der Waals surface area contributed by atoms with Crippen LogP contribution in [-0.4, -0.2) is 41.9 Å². The van der Waals surface area contributed by atoms with Crippen LogP contribution in [0.2, 0.25) is 0 Å². The van der Waals surface area contributed by atoms with E-state index in [1.54, 1.807) is 4.90 Å². The van der Waals surface area contributed by atoms with Crippen molar-refractivity contribution in [2.45, 2.75) is 70.8 Å². The fourth-order valence-corrected chi connectivity index (χ4v) is 3.62. The predicted octanol–water partition coefficient (Wildman–Crippen LogP) is 2.56. The first-order valence-corrected chi connectivity index (χ1v) is 9.96. The summed E-state index contributed by atoms with van der Waals surface area (Å²) in [6, 6.07) is -0.395. The number of carbonyl (C=O) groups is 3. The van der Waals surface area contributed by atoms with E-state index < -0.39 is 6.04 Å². The van der Waals surface area contributed by atoms with Gasteiger partial charge in [-0.2, -0.15) is 0 Å². The minimum atomic E-state index is -0.395. The molecule has 1 heterocycles. The highest BCUT2D eigenvalue weighted by Crippen LogP contribution is 2.40. The number of unbranched alkanes of at least 4 members (excludes halogenated alkanes) is 4. The molecule has 2 amide bonds. The molecule has 1 saturated carbocycles. The second-order valence-electron chi connectivity index (χ2n) is 7.29. The van der Waals surface area contributed by atoms with Crippen LogP contribution < -0.4 is 5.73 Å². The van der Waals surface area contributed by atoms with Gasteiger partial charge in [0.25, 0.3) is 0 Å². The second kappa shape index (κ2) is 10.3. The molecule has 0 aromatic rings. The summed E-state index contributed by atoms with van der Waals surface area (Å²) in [5.41, 5.74) is 5.35. The predicted molar refractivity (Wildman–Crippen MR) is 99.0 cm³/mol. The molecule has 6 heteroatoms. The smallest absolute Gasteiger partial charge is 0.309 e. The van der Waals surface area contributed by atoms with E-state index in [1.807, 2.05) is 6.92 Å². The van der Waals surface area contributed by atoms with E-state index in [2.05, 4.69) is 12.2 Å². The zero-order chi connectivity index (χ0) is 18.9. The Labute approximate surface area is 156 Å². The molecule has 0 spiro atoms. The number of rotatable bonds is 11. The lowest BCUT2D eigenvalue weighted by Gasteiger charge is -2.22. The van der Waals surface area contributed by atoms with Crippen LogP contribution in [0, 0.1) is 11.8 Å². The van der Waals surface area contributed by atoms with Crippen molar-refractivity contribution in [3.8, 4) is 0 Å². The maximum absolute atomic E-state index is 12.2. The SMILES string of the molecule is CCOC(=O)[C@H]1CC1/C=C\CCCCCCC(=O)N1CCC[C@H]1C(N)=O. The molecule has 26 heavy (non-hydrogen) atoms. The Morgan fingerprint density at radius 1 is 1.19 bits per heavy atom. The zero-order valence-corrected chi connectivity index (χ0v) is 15.8. The maximum Gasteiger partial charge on any atom is 0.309 e. The lowest BCUT2D eigenvalue weighted by atomic mass is 10.1. The molecule has 1 aliphatic carbocycles. The first-order valence-electron chi connectivity index (χ1n) is 9.96. The molecular weight excluding hydrogens is 332 g/mol. The molecule has 2 N–H and O–H groups in total. The van der Waals surface area contributed by atoms with E-state index in [-0.39, 0.29) is 23.7 Å². The van der Waals surface area contributed by atoms with Gasteiger partial charge in [0.15, 0.2) is 0 Å². The number of likely N-dealkylation sites (tertiary alicyclic amines) is 1. The first kappa shape index (κ1) is 20.5. The Hall–Kier alpha value is -1.85. The molecule has 2 aliphatic rings. The first-order chi connectivity index (χ1) is 12.5. The fourth-order valence-electron chi connectivity index (χ4n) is 3.62. The highest BCUT2D eigenvalue weighted by atomic mass is 16.5. The largest absolute Gasteiger partial charge is 0.466 e. The number of nitrogens with two attached hydrogens (primary N) is 1. The van der Waals surface area contributed by atoms with Crippen molar-refractivity contribution >= 4 is 17.8 Å². The summed E-state index contributed by atoms with van der Waals surface area (Å²) in [6.45, 7) is 2.94. The summed E-state index contributed by atoms with van der Waals surface area (Å²) in [5.74, 6) is 0.0502. The molecule has 1 saturated heterocycles. The van der Waals surface area contributed by atoms with Crippen molar-refractivity contribution in [2.75, 3.05) is 13.2 Å². The number of hydrogen-bond acceptors (Lipinski definition) is 4. The van der Waals surface area contributed by atoms with Crippen molar-refractivity contribution in [3.05, 3.63) is 12.2 Å². The Morgan fingerprint density at radius 2 is 1.96 bits per heavy atom. The van der Waals surface area contributed by atoms with E-state index in [9.17, 15) is 14.4 Å². The number of amides is 2. The molecule has 2 rings (SSSR count). The topological polar surface area (TPSA) is 89.7 Å². The molecule has 0 bridgehead atoms. The van der Waals surface area contributed by atoms with E-state index in [0.29, 0.717) is 31.9 Å². The van der Waals surface area contributed by atoms with Gasteiger partial charge in [-0.25, -0.2) is 0 Å².